The van der Waals surface area contributed by atoms with Crippen molar-refractivity contribution in [3.63, 3.8) is 0 Å². The number of hydrogen-bond acceptors (Lipinski definition) is 1. The summed E-state index contributed by atoms with van der Waals surface area (Å²) >= 11 is 0. The third-order valence-corrected chi connectivity index (χ3v) is 5.25. The Balaban J connectivity index is 2.06. The smallest absolute Gasteiger partial charge is 0.307 e. The molecule has 2 heteroatoms. The molecular weight excluding hydrogens is 224 g/mol. The summed E-state index contributed by atoms with van der Waals surface area (Å²) in [6.07, 6.45) is 12.4. The average Bonchev–Trinajstić information content (AvgIpc) is 2.65. The molecular formula is C16H28O2. The van der Waals surface area contributed by atoms with Gasteiger partial charge in [0, 0.05) is 0 Å². The quantitative estimate of drug-likeness (QED) is 0.800. The topological polar surface area (TPSA) is 37.3 Å². The Kier molecular flexibility index (Phi) is 5.08. The zero-order chi connectivity index (χ0) is 13.0. The van der Waals surface area contributed by atoms with Crippen LogP contribution in [0.3, 0.4) is 0 Å². The van der Waals surface area contributed by atoms with Crippen molar-refractivity contribution in [2.45, 2.75) is 71.1 Å². The molecule has 0 spiro atoms. The number of hydrogen-bond donors (Lipinski definition) is 1. The number of fused-ring (bicyclic) bond motifs is 2. The summed E-state index contributed by atoms with van der Waals surface area (Å²) in [5, 5.41) is 9.56. The van der Waals surface area contributed by atoms with Crippen LogP contribution in [-0.4, -0.2) is 11.1 Å². The van der Waals surface area contributed by atoms with E-state index in [2.05, 4.69) is 6.92 Å². The molecule has 2 rings (SSSR count). The van der Waals surface area contributed by atoms with Crippen LogP contribution in [0.2, 0.25) is 0 Å². The Bertz CT molecular complexity index is 274. The van der Waals surface area contributed by atoms with Crippen LogP contribution in [0.5, 0.6) is 0 Å². The molecule has 2 fully saturated rings. The van der Waals surface area contributed by atoms with Crippen molar-refractivity contribution in [2.75, 3.05) is 0 Å². The zero-order valence-corrected chi connectivity index (χ0v) is 11.7. The number of carbonyl (C=O) groups is 1. The third-order valence-electron chi connectivity index (χ3n) is 5.25. The standard InChI is InChI=1S/C16H28O2/c1-2-3-6-12-9-10-13-7-4-5-8-14(11-12)15(13)16(17)18/h12-15H,2-11H2,1H3,(H,17,18). The van der Waals surface area contributed by atoms with Gasteiger partial charge >= 0.3 is 5.97 Å². The lowest BCUT2D eigenvalue weighted by Crippen LogP contribution is -2.28. The molecule has 0 aromatic heterocycles. The van der Waals surface area contributed by atoms with Crippen LogP contribution in [0.4, 0.5) is 0 Å². The molecule has 2 saturated carbocycles. The van der Waals surface area contributed by atoms with Crippen LogP contribution < -0.4 is 0 Å². The van der Waals surface area contributed by atoms with Crippen LogP contribution in [0, 0.1) is 23.7 Å². The minimum atomic E-state index is -0.511. The lowest BCUT2D eigenvalue weighted by atomic mass is 9.79. The minimum absolute atomic E-state index is 0.0286. The molecule has 0 amide bonds. The van der Waals surface area contributed by atoms with Crippen LogP contribution >= 0.6 is 0 Å². The summed E-state index contributed by atoms with van der Waals surface area (Å²) in [6, 6.07) is 0. The third kappa shape index (κ3) is 3.27. The fraction of sp³-hybridized carbons (Fsp3) is 0.938. The van der Waals surface area contributed by atoms with Crippen LogP contribution in [0.25, 0.3) is 0 Å². The number of aliphatic carboxylic acids is 1. The molecule has 2 nitrogen and oxygen atoms in total. The maximum Gasteiger partial charge on any atom is 0.307 e. The van der Waals surface area contributed by atoms with Gasteiger partial charge in [0.15, 0.2) is 0 Å². The number of unbranched alkanes of at least 4 members (excludes halogenated alkanes) is 1. The molecule has 0 aromatic rings. The van der Waals surface area contributed by atoms with Crippen molar-refractivity contribution in [2.24, 2.45) is 23.7 Å². The van der Waals surface area contributed by atoms with E-state index in [-0.39, 0.29) is 5.92 Å². The fourth-order valence-electron chi connectivity index (χ4n) is 4.30. The second-order valence-corrected chi connectivity index (χ2v) is 6.49. The van der Waals surface area contributed by atoms with E-state index in [9.17, 15) is 9.90 Å². The maximum atomic E-state index is 11.6. The van der Waals surface area contributed by atoms with E-state index in [4.69, 9.17) is 0 Å². The Hall–Kier alpha value is -0.530. The second kappa shape index (κ2) is 6.58. The van der Waals surface area contributed by atoms with Crippen molar-refractivity contribution in [3.05, 3.63) is 0 Å². The summed E-state index contributed by atoms with van der Waals surface area (Å²) < 4.78 is 0. The van der Waals surface area contributed by atoms with Gasteiger partial charge in [0.05, 0.1) is 5.92 Å². The van der Waals surface area contributed by atoms with Gasteiger partial charge in [-0.05, 0) is 43.4 Å². The van der Waals surface area contributed by atoms with E-state index < -0.39 is 5.97 Å². The van der Waals surface area contributed by atoms with E-state index in [1.807, 2.05) is 0 Å². The normalized spacial score (nSPS) is 36.7. The van der Waals surface area contributed by atoms with Gasteiger partial charge in [0.1, 0.15) is 0 Å². The predicted molar refractivity (Wildman–Crippen MR) is 73.4 cm³/mol. The average molecular weight is 252 g/mol. The van der Waals surface area contributed by atoms with Gasteiger partial charge in [-0.15, -0.1) is 0 Å². The summed E-state index contributed by atoms with van der Waals surface area (Å²) in [6.45, 7) is 2.25. The Morgan fingerprint density at radius 1 is 1.11 bits per heavy atom. The highest BCUT2D eigenvalue weighted by molar-refractivity contribution is 5.70. The Morgan fingerprint density at radius 2 is 1.83 bits per heavy atom. The van der Waals surface area contributed by atoms with E-state index in [0.717, 1.165) is 18.8 Å². The van der Waals surface area contributed by atoms with Gasteiger partial charge in [-0.2, -0.15) is 0 Å². The Labute approximate surface area is 111 Å². The van der Waals surface area contributed by atoms with Gasteiger partial charge in [-0.25, -0.2) is 0 Å². The molecule has 0 saturated heterocycles. The van der Waals surface area contributed by atoms with E-state index in [1.165, 1.54) is 51.4 Å². The molecule has 1 N–H and O–H groups in total. The summed E-state index contributed by atoms with van der Waals surface area (Å²) in [4.78, 5) is 11.6. The van der Waals surface area contributed by atoms with Gasteiger partial charge < -0.3 is 5.11 Å². The first-order chi connectivity index (χ1) is 8.72. The van der Waals surface area contributed by atoms with E-state index in [0.29, 0.717) is 11.8 Å². The first-order valence-electron chi connectivity index (χ1n) is 7.95. The fourth-order valence-corrected chi connectivity index (χ4v) is 4.30. The van der Waals surface area contributed by atoms with E-state index >= 15 is 0 Å². The minimum Gasteiger partial charge on any atom is -0.481 e. The molecule has 0 aliphatic heterocycles. The highest BCUT2D eigenvalue weighted by atomic mass is 16.4. The van der Waals surface area contributed by atoms with Crippen molar-refractivity contribution in [1.82, 2.24) is 0 Å². The molecule has 104 valence electrons. The van der Waals surface area contributed by atoms with Gasteiger partial charge in [0.2, 0.25) is 0 Å². The van der Waals surface area contributed by atoms with Crippen LogP contribution in [0.15, 0.2) is 0 Å². The van der Waals surface area contributed by atoms with Crippen molar-refractivity contribution in [1.29, 1.82) is 0 Å². The van der Waals surface area contributed by atoms with Gasteiger partial charge in [0.25, 0.3) is 0 Å². The molecule has 0 heterocycles. The zero-order valence-electron chi connectivity index (χ0n) is 11.7. The van der Waals surface area contributed by atoms with E-state index in [1.54, 1.807) is 0 Å². The number of rotatable bonds is 4. The highest BCUT2D eigenvalue weighted by Crippen LogP contribution is 2.44. The van der Waals surface area contributed by atoms with Crippen LogP contribution in [0.1, 0.15) is 71.1 Å². The van der Waals surface area contributed by atoms with Crippen molar-refractivity contribution < 1.29 is 9.90 Å². The SMILES string of the molecule is CCCCC1CCC2CCCCC(C1)C2C(=O)O. The molecule has 2 bridgehead atoms. The first kappa shape index (κ1) is 13.9. The summed E-state index contributed by atoms with van der Waals surface area (Å²) in [7, 11) is 0. The highest BCUT2D eigenvalue weighted by Gasteiger charge is 2.39. The number of carboxylic acid groups (broad SMARTS) is 1. The number of carboxylic acids is 1. The molecule has 2 aliphatic rings. The monoisotopic (exact) mass is 252 g/mol. The molecule has 18 heavy (non-hydrogen) atoms. The van der Waals surface area contributed by atoms with Gasteiger partial charge in [-0.3, -0.25) is 4.79 Å². The molecule has 0 aromatic carbocycles. The molecule has 2 aliphatic carbocycles. The first-order valence-corrected chi connectivity index (χ1v) is 7.95. The largest absolute Gasteiger partial charge is 0.481 e. The lowest BCUT2D eigenvalue weighted by molar-refractivity contribution is -0.146. The predicted octanol–water partition coefficient (Wildman–Crippen LogP) is 4.48. The second-order valence-electron chi connectivity index (χ2n) is 6.49. The van der Waals surface area contributed by atoms with Crippen molar-refractivity contribution in [3.8, 4) is 0 Å². The summed E-state index contributed by atoms with van der Waals surface area (Å²) in [5.74, 6) is 1.21. The molecule has 4 atom stereocenters. The van der Waals surface area contributed by atoms with Crippen LogP contribution in [-0.2, 0) is 4.79 Å². The Morgan fingerprint density at radius 3 is 2.50 bits per heavy atom. The van der Waals surface area contributed by atoms with Crippen molar-refractivity contribution >= 4 is 5.97 Å². The molecule has 4 unspecified atom stereocenters. The van der Waals surface area contributed by atoms with Gasteiger partial charge in [-0.1, -0.05) is 45.4 Å². The summed E-state index contributed by atoms with van der Waals surface area (Å²) in [5.41, 5.74) is 0. The molecule has 0 radical (unpaired) electrons. The maximum absolute atomic E-state index is 11.6. The lowest BCUT2D eigenvalue weighted by Gasteiger charge is -2.25.